The van der Waals surface area contributed by atoms with Crippen molar-refractivity contribution in [2.45, 2.75) is 71.0 Å². The lowest BCUT2D eigenvalue weighted by atomic mass is 10.1. The number of carbonyl (C=O) groups excluding carboxylic acids is 2. The smallest absolute Gasteiger partial charge is 0.246 e. The first-order chi connectivity index (χ1) is 18.4. The third kappa shape index (κ3) is 6.51. The first kappa shape index (κ1) is 27.2. The van der Waals surface area contributed by atoms with Gasteiger partial charge in [-0.25, -0.2) is 0 Å². The van der Waals surface area contributed by atoms with Gasteiger partial charge in [-0.1, -0.05) is 25.8 Å². The zero-order valence-corrected chi connectivity index (χ0v) is 22.5. The second-order valence-corrected chi connectivity index (χ2v) is 9.49. The van der Waals surface area contributed by atoms with Crippen LogP contribution in [0.1, 0.15) is 50.4 Å². The number of hydrogen-bond donors (Lipinski definition) is 1. The molecule has 0 radical (unpaired) electrons. The van der Waals surface area contributed by atoms with Crippen LogP contribution in [0.2, 0.25) is 0 Å². The van der Waals surface area contributed by atoms with Crippen molar-refractivity contribution in [3.05, 3.63) is 41.7 Å². The molecule has 1 aromatic carbocycles. The fourth-order valence-corrected chi connectivity index (χ4v) is 4.83. The van der Waals surface area contributed by atoms with Crippen molar-refractivity contribution in [3.63, 3.8) is 0 Å². The third-order valence-corrected chi connectivity index (χ3v) is 6.87. The molecule has 1 N–H and O–H groups in total. The Labute approximate surface area is 222 Å². The lowest BCUT2D eigenvalue weighted by Gasteiger charge is -2.31. The van der Waals surface area contributed by atoms with Gasteiger partial charge in [-0.3, -0.25) is 9.59 Å². The molecule has 0 spiro atoms. The number of hydrogen-bond acceptors (Lipinski definition) is 8. The van der Waals surface area contributed by atoms with Crippen LogP contribution in [-0.2, 0) is 22.6 Å². The molecule has 1 saturated carbocycles. The molecule has 0 aliphatic heterocycles. The fourth-order valence-electron chi connectivity index (χ4n) is 4.83. The average Bonchev–Trinajstić information content (AvgIpc) is 3.69. The quantitative estimate of drug-likeness (QED) is 0.383. The summed E-state index contributed by atoms with van der Waals surface area (Å²) in [5, 5.41) is 15.5. The first-order valence-corrected chi connectivity index (χ1v) is 13.1. The van der Waals surface area contributed by atoms with Crippen LogP contribution >= 0.6 is 0 Å². The molecule has 2 heterocycles. The lowest BCUT2D eigenvalue weighted by molar-refractivity contribution is -0.141. The number of carbonyl (C=O) groups is 2. The summed E-state index contributed by atoms with van der Waals surface area (Å²) in [7, 11) is 3.17. The highest BCUT2D eigenvalue weighted by Crippen LogP contribution is 2.28. The normalized spacial score (nSPS) is 14.3. The van der Waals surface area contributed by atoms with Gasteiger partial charge in [-0.05, 0) is 67.6 Å². The maximum Gasteiger partial charge on any atom is 0.246 e. The predicted octanol–water partition coefficient (Wildman–Crippen LogP) is 3.17. The molecular formula is C27H36N6O5. The van der Waals surface area contributed by atoms with E-state index in [1.54, 1.807) is 25.2 Å². The minimum atomic E-state index is -0.612. The molecule has 1 atom stereocenters. The summed E-state index contributed by atoms with van der Waals surface area (Å²) in [5.74, 6) is 2.36. The van der Waals surface area contributed by atoms with Gasteiger partial charge in [0.2, 0.25) is 17.6 Å². The van der Waals surface area contributed by atoms with E-state index in [2.05, 4.69) is 20.7 Å². The number of aromatic nitrogens is 4. The second-order valence-electron chi connectivity index (χ2n) is 9.49. The summed E-state index contributed by atoms with van der Waals surface area (Å²) in [6, 6.07) is 8.77. The summed E-state index contributed by atoms with van der Waals surface area (Å²) in [6.45, 7) is 3.94. The van der Waals surface area contributed by atoms with Crippen LogP contribution in [0.3, 0.4) is 0 Å². The number of amides is 2. The summed E-state index contributed by atoms with van der Waals surface area (Å²) < 4.78 is 16.3. The van der Waals surface area contributed by atoms with Crippen molar-refractivity contribution < 1.29 is 23.5 Å². The molecular weight excluding hydrogens is 488 g/mol. The number of benzene rings is 1. The van der Waals surface area contributed by atoms with Gasteiger partial charge >= 0.3 is 0 Å². The van der Waals surface area contributed by atoms with Crippen LogP contribution in [-0.4, -0.2) is 69.8 Å². The van der Waals surface area contributed by atoms with Crippen LogP contribution in [0, 0.1) is 6.92 Å². The van der Waals surface area contributed by atoms with E-state index in [9.17, 15) is 9.59 Å². The Morgan fingerprint density at radius 3 is 2.58 bits per heavy atom. The molecule has 2 aromatic heterocycles. The zero-order valence-electron chi connectivity index (χ0n) is 22.5. The second kappa shape index (κ2) is 12.6. The molecule has 11 nitrogen and oxygen atoms in total. The molecule has 0 unspecified atom stereocenters. The van der Waals surface area contributed by atoms with Gasteiger partial charge in [0, 0.05) is 12.6 Å². The van der Waals surface area contributed by atoms with Crippen molar-refractivity contribution in [2.24, 2.45) is 0 Å². The topological polar surface area (TPSA) is 125 Å². The van der Waals surface area contributed by atoms with Gasteiger partial charge in [-0.15, -0.1) is 10.2 Å². The molecule has 11 heteroatoms. The molecule has 2 amide bonds. The number of methoxy groups -OCH3 is 2. The summed E-state index contributed by atoms with van der Waals surface area (Å²) >= 11 is 0. The van der Waals surface area contributed by atoms with E-state index < -0.39 is 6.04 Å². The fraction of sp³-hybridized carbons (Fsp3) is 0.519. The highest BCUT2D eigenvalue weighted by Gasteiger charge is 2.31. The third-order valence-electron chi connectivity index (χ3n) is 6.87. The molecule has 0 bridgehead atoms. The molecule has 1 fully saturated rings. The van der Waals surface area contributed by atoms with E-state index in [-0.39, 0.29) is 24.4 Å². The van der Waals surface area contributed by atoms with Crippen LogP contribution in [0.4, 0.5) is 0 Å². The summed E-state index contributed by atoms with van der Waals surface area (Å²) in [4.78, 5) is 29.8. The van der Waals surface area contributed by atoms with E-state index in [4.69, 9.17) is 13.9 Å². The molecule has 3 aromatic rings. The van der Waals surface area contributed by atoms with Crippen molar-refractivity contribution >= 4 is 11.8 Å². The van der Waals surface area contributed by atoms with E-state index in [0.717, 1.165) is 37.0 Å². The van der Waals surface area contributed by atoms with Gasteiger partial charge in [0.1, 0.15) is 18.3 Å². The van der Waals surface area contributed by atoms with Gasteiger partial charge < -0.3 is 24.1 Å². The Morgan fingerprint density at radius 2 is 1.92 bits per heavy atom. The van der Waals surface area contributed by atoms with Crippen LogP contribution in [0.15, 0.2) is 34.7 Å². The predicted molar refractivity (Wildman–Crippen MR) is 140 cm³/mol. The number of aryl methyl sites for hydroxylation is 1. The SMILES string of the molecule is CC[C@H](C(=O)NC1CCCC1)N(CCc1ccc(OC)c(OC)c1)C(=O)Cn1nnc(-c2ccc(C)o2)n1. The van der Waals surface area contributed by atoms with Gasteiger partial charge in [0.05, 0.1) is 14.2 Å². The molecule has 1 aliphatic carbocycles. The Hall–Kier alpha value is -3.89. The number of furan rings is 1. The van der Waals surface area contributed by atoms with E-state index in [1.165, 1.54) is 4.80 Å². The largest absolute Gasteiger partial charge is 0.493 e. The van der Waals surface area contributed by atoms with Gasteiger partial charge in [-0.2, -0.15) is 4.80 Å². The lowest BCUT2D eigenvalue weighted by Crippen LogP contribution is -2.52. The maximum absolute atomic E-state index is 13.6. The summed E-state index contributed by atoms with van der Waals surface area (Å²) in [5.41, 5.74) is 0.959. The molecule has 1 aliphatic rings. The number of nitrogens with one attached hydrogen (secondary N) is 1. The number of ether oxygens (including phenoxy) is 2. The van der Waals surface area contributed by atoms with Gasteiger partial charge in [0.15, 0.2) is 17.3 Å². The first-order valence-electron chi connectivity index (χ1n) is 13.1. The Morgan fingerprint density at radius 1 is 1.16 bits per heavy atom. The molecule has 204 valence electrons. The minimum absolute atomic E-state index is 0.127. The molecule has 0 saturated heterocycles. The minimum Gasteiger partial charge on any atom is -0.493 e. The number of rotatable bonds is 12. The average molecular weight is 525 g/mol. The van der Waals surface area contributed by atoms with Crippen molar-refractivity contribution in [1.82, 2.24) is 30.4 Å². The van der Waals surface area contributed by atoms with Crippen molar-refractivity contribution in [3.8, 4) is 23.1 Å². The van der Waals surface area contributed by atoms with Crippen molar-refractivity contribution in [1.29, 1.82) is 0 Å². The molecule has 4 rings (SSSR count). The van der Waals surface area contributed by atoms with Crippen LogP contribution in [0.5, 0.6) is 11.5 Å². The van der Waals surface area contributed by atoms with E-state index in [0.29, 0.717) is 42.5 Å². The Kier molecular flexibility index (Phi) is 8.98. The number of nitrogens with zero attached hydrogens (tertiary/aromatic N) is 5. The monoisotopic (exact) mass is 524 g/mol. The summed E-state index contributed by atoms with van der Waals surface area (Å²) in [6.07, 6.45) is 5.18. The molecule has 38 heavy (non-hydrogen) atoms. The Bertz CT molecular complexity index is 1230. The highest BCUT2D eigenvalue weighted by molar-refractivity contribution is 5.87. The van der Waals surface area contributed by atoms with E-state index in [1.807, 2.05) is 38.1 Å². The van der Waals surface area contributed by atoms with E-state index >= 15 is 0 Å². The van der Waals surface area contributed by atoms with Crippen molar-refractivity contribution in [2.75, 3.05) is 20.8 Å². The zero-order chi connectivity index (χ0) is 27.1. The van der Waals surface area contributed by atoms with Gasteiger partial charge in [0.25, 0.3) is 0 Å². The standard InChI is InChI=1S/C27H36N6O5/c1-5-21(27(35)28-20-8-6-7-9-20)32(15-14-19-11-13-22(36-3)24(16-19)37-4)25(34)17-33-30-26(29-31-33)23-12-10-18(2)38-23/h10-13,16,20-21H,5-9,14-15,17H2,1-4H3,(H,28,35)/t21-/m1/s1. The van der Waals surface area contributed by atoms with Crippen LogP contribution in [0.25, 0.3) is 11.6 Å². The Balaban J connectivity index is 1.52. The maximum atomic E-state index is 13.6. The van der Waals surface area contributed by atoms with Crippen LogP contribution < -0.4 is 14.8 Å². The number of tetrazole rings is 1. The highest BCUT2D eigenvalue weighted by atomic mass is 16.5.